The van der Waals surface area contributed by atoms with Crippen LogP contribution >= 0.6 is 0 Å². The number of nitrogen functional groups attached to an aromatic ring is 2. The summed E-state index contributed by atoms with van der Waals surface area (Å²) in [4.78, 5) is 0. The van der Waals surface area contributed by atoms with Crippen LogP contribution in [0.1, 0.15) is 0 Å². The lowest BCUT2D eigenvalue weighted by Gasteiger charge is -2.21. The molecule has 0 unspecified atom stereocenters. The van der Waals surface area contributed by atoms with Gasteiger partial charge in [-0.25, -0.2) is 0 Å². The minimum atomic E-state index is 0.768. The molecule has 6 N–H and O–H groups in total. The van der Waals surface area contributed by atoms with Crippen molar-refractivity contribution in [3.05, 3.63) is 36.4 Å². The molecule has 0 spiro atoms. The number of hydrogen-bond acceptors (Lipinski definition) is 4. The van der Waals surface area contributed by atoms with E-state index in [1.165, 1.54) is 5.39 Å². The van der Waals surface area contributed by atoms with Gasteiger partial charge in [-0.3, -0.25) is 0 Å². The normalized spacial score (nSPS) is 11.5. The summed E-state index contributed by atoms with van der Waals surface area (Å²) in [5, 5.41) is 13.2. The lowest BCUT2D eigenvalue weighted by atomic mass is 9.90. The maximum absolute atomic E-state index is 6.42. The monoisotopic (exact) mass is 290 g/mol. The average molecular weight is 290 g/mol. The van der Waals surface area contributed by atoms with Crippen LogP contribution in [-0.4, -0.2) is 14.1 Å². The molecule has 0 atom stereocenters. The van der Waals surface area contributed by atoms with Crippen molar-refractivity contribution in [2.24, 2.45) is 0 Å². The molecular formula is C18H18N4. The largest absolute Gasteiger partial charge is 0.397 e. The van der Waals surface area contributed by atoms with Crippen LogP contribution in [0.25, 0.3) is 32.3 Å². The van der Waals surface area contributed by atoms with Crippen molar-refractivity contribution in [1.82, 2.24) is 0 Å². The number of hydrogen-bond donors (Lipinski definition) is 4. The van der Waals surface area contributed by atoms with Gasteiger partial charge in [0.1, 0.15) is 0 Å². The predicted octanol–water partition coefficient (Wildman–Crippen LogP) is 3.83. The average Bonchev–Trinajstić information content (AvgIpc) is 2.55. The van der Waals surface area contributed by atoms with Crippen LogP contribution < -0.4 is 22.1 Å². The molecule has 4 nitrogen and oxygen atoms in total. The number of rotatable bonds is 2. The van der Waals surface area contributed by atoms with Gasteiger partial charge < -0.3 is 22.1 Å². The van der Waals surface area contributed by atoms with E-state index in [9.17, 15) is 0 Å². The van der Waals surface area contributed by atoms with E-state index in [-0.39, 0.29) is 0 Å². The Labute approximate surface area is 128 Å². The fourth-order valence-electron chi connectivity index (χ4n) is 3.61. The Morgan fingerprint density at radius 1 is 0.636 bits per heavy atom. The summed E-state index contributed by atoms with van der Waals surface area (Å²) >= 11 is 0. The number of anilines is 4. The number of benzene rings is 4. The second kappa shape index (κ2) is 4.31. The minimum absolute atomic E-state index is 0.768. The molecule has 0 bridgehead atoms. The molecule has 0 saturated carbocycles. The summed E-state index contributed by atoms with van der Waals surface area (Å²) in [7, 11) is 3.81. The predicted molar refractivity (Wildman–Crippen MR) is 98.1 cm³/mol. The van der Waals surface area contributed by atoms with Crippen LogP contribution in [0.2, 0.25) is 0 Å². The zero-order valence-corrected chi connectivity index (χ0v) is 12.6. The fraction of sp³-hybridized carbons (Fsp3) is 0.111. The highest BCUT2D eigenvalue weighted by Crippen LogP contribution is 2.47. The van der Waals surface area contributed by atoms with E-state index in [2.05, 4.69) is 34.9 Å². The van der Waals surface area contributed by atoms with Gasteiger partial charge in [-0.1, -0.05) is 36.4 Å². The Balaban J connectivity index is 2.46. The first-order valence-electron chi connectivity index (χ1n) is 7.32. The summed E-state index contributed by atoms with van der Waals surface area (Å²) in [6, 6.07) is 12.4. The molecule has 0 fully saturated rings. The van der Waals surface area contributed by atoms with Crippen LogP contribution in [0.5, 0.6) is 0 Å². The van der Waals surface area contributed by atoms with Crippen LogP contribution in [0.4, 0.5) is 22.7 Å². The van der Waals surface area contributed by atoms with Crippen LogP contribution in [0.15, 0.2) is 36.4 Å². The van der Waals surface area contributed by atoms with Crippen LogP contribution in [-0.2, 0) is 0 Å². The van der Waals surface area contributed by atoms with Gasteiger partial charge in [0.15, 0.2) is 0 Å². The van der Waals surface area contributed by atoms with Gasteiger partial charge in [-0.05, 0) is 0 Å². The van der Waals surface area contributed by atoms with Crippen LogP contribution in [0, 0.1) is 0 Å². The first-order valence-corrected chi connectivity index (χ1v) is 7.32. The van der Waals surface area contributed by atoms with Gasteiger partial charge in [0.2, 0.25) is 0 Å². The zero-order valence-electron chi connectivity index (χ0n) is 12.6. The van der Waals surface area contributed by atoms with E-state index in [4.69, 9.17) is 11.5 Å². The van der Waals surface area contributed by atoms with Gasteiger partial charge in [0.25, 0.3) is 0 Å². The molecule has 0 aliphatic heterocycles. The van der Waals surface area contributed by atoms with E-state index in [1.54, 1.807) is 0 Å². The van der Waals surface area contributed by atoms with Gasteiger partial charge >= 0.3 is 0 Å². The summed E-state index contributed by atoms with van der Waals surface area (Å²) < 4.78 is 0. The maximum Gasteiger partial charge on any atom is 0.0657 e. The third-order valence-electron chi connectivity index (χ3n) is 4.54. The Bertz CT molecular complexity index is 946. The van der Waals surface area contributed by atoms with Crippen molar-refractivity contribution in [1.29, 1.82) is 0 Å². The molecule has 4 aromatic rings. The molecule has 0 amide bonds. The van der Waals surface area contributed by atoms with Gasteiger partial charge in [0.05, 0.1) is 22.7 Å². The lowest BCUT2D eigenvalue weighted by Crippen LogP contribution is -2.03. The Hall–Kier alpha value is -2.88. The third-order valence-corrected chi connectivity index (χ3v) is 4.54. The summed E-state index contributed by atoms with van der Waals surface area (Å²) in [5.41, 5.74) is 16.3. The molecular weight excluding hydrogens is 272 g/mol. The topological polar surface area (TPSA) is 76.1 Å². The van der Waals surface area contributed by atoms with Crippen molar-refractivity contribution in [2.45, 2.75) is 0 Å². The van der Waals surface area contributed by atoms with Gasteiger partial charge in [-0.15, -0.1) is 0 Å². The quantitative estimate of drug-likeness (QED) is 0.334. The number of nitrogens with two attached hydrogens (primary N) is 2. The number of nitrogens with one attached hydrogen (secondary N) is 2. The van der Waals surface area contributed by atoms with Crippen molar-refractivity contribution >= 4 is 55.1 Å². The molecule has 4 heteroatoms. The SMILES string of the molecule is CNc1c(N)c2cccc3c(N)c(NC)c4cccc1c4c23. The highest BCUT2D eigenvalue weighted by atomic mass is 14.9. The van der Waals surface area contributed by atoms with Gasteiger partial charge in [0, 0.05) is 46.4 Å². The summed E-state index contributed by atoms with van der Waals surface area (Å²) in [5.74, 6) is 0. The fourth-order valence-corrected chi connectivity index (χ4v) is 3.61. The molecule has 0 saturated heterocycles. The Kier molecular flexibility index (Phi) is 2.51. The molecule has 22 heavy (non-hydrogen) atoms. The van der Waals surface area contributed by atoms with E-state index < -0.39 is 0 Å². The second-order valence-electron chi connectivity index (χ2n) is 5.53. The van der Waals surface area contributed by atoms with E-state index in [1.807, 2.05) is 26.2 Å². The molecule has 0 aliphatic carbocycles. The molecule has 0 aliphatic rings. The van der Waals surface area contributed by atoms with E-state index in [0.717, 1.165) is 49.7 Å². The van der Waals surface area contributed by atoms with Crippen molar-refractivity contribution < 1.29 is 0 Å². The van der Waals surface area contributed by atoms with Crippen molar-refractivity contribution in [2.75, 3.05) is 36.2 Å². The maximum atomic E-state index is 6.42. The van der Waals surface area contributed by atoms with Crippen LogP contribution in [0.3, 0.4) is 0 Å². The van der Waals surface area contributed by atoms with Crippen molar-refractivity contribution in [3.63, 3.8) is 0 Å². The molecule has 4 rings (SSSR count). The van der Waals surface area contributed by atoms with E-state index in [0.29, 0.717) is 0 Å². The van der Waals surface area contributed by atoms with Gasteiger partial charge in [-0.2, -0.15) is 0 Å². The molecule has 0 heterocycles. The third kappa shape index (κ3) is 1.36. The zero-order chi connectivity index (χ0) is 15.4. The molecule has 0 aromatic heterocycles. The Morgan fingerprint density at radius 3 is 1.41 bits per heavy atom. The molecule has 0 radical (unpaired) electrons. The summed E-state index contributed by atoms with van der Waals surface area (Å²) in [6.45, 7) is 0. The first kappa shape index (κ1) is 12.8. The van der Waals surface area contributed by atoms with Crippen molar-refractivity contribution in [3.8, 4) is 0 Å². The highest BCUT2D eigenvalue weighted by molar-refractivity contribution is 6.34. The second-order valence-corrected chi connectivity index (χ2v) is 5.53. The highest BCUT2D eigenvalue weighted by Gasteiger charge is 2.19. The standard InChI is InChI=1S/C18H18N4/c1-21-17-11-7-4-8-12-14(11)13-9(15(17)19)5-3-6-10(13)16(20)18(12)22-2/h3-8,21-22H,19-20H2,1-2H3. The summed E-state index contributed by atoms with van der Waals surface area (Å²) in [6.07, 6.45) is 0. The smallest absolute Gasteiger partial charge is 0.0657 e. The first-order chi connectivity index (χ1) is 10.7. The molecule has 4 aromatic carbocycles. The Morgan fingerprint density at radius 2 is 1.00 bits per heavy atom. The van der Waals surface area contributed by atoms with E-state index >= 15 is 0 Å². The lowest BCUT2D eigenvalue weighted by molar-refractivity contribution is 1.54. The molecule has 110 valence electrons. The minimum Gasteiger partial charge on any atom is -0.397 e.